The van der Waals surface area contributed by atoms with Crippen LogP contribution in [-0.4, -0.2) is 37.2 Å². The summed E-state index contributed by atoms with van der Waals surface area (Å²) in [4.78, 5) is 25.0. The average molecular weight is 429 g/mol. The number of nitrogens with two attached hydrogens (primary N) is 1. The first-order chi connectivity index (χ1) is 15.5. The van der Waals surface area contributed by atoms with Crippen LogP contribution in [0.15, 0.2) is 24.3 Å². The zero-order chi connectivity index (χ0) is 21.6. The summed E-state index contributed by atoms with van der Waals surface area (Å²) in [6, 6.07) is 7.20. The lowest BCUT2D eigenvalue weighted by Crippen LogP contribution is -2.24. The minimum atomic E-state index is -0.431. The van der Waals surface area contributed by atoms with E-state index in [1.165, 1.54) is 0 Å². The number of hydrogen-bond acceptors (Lipinski definition) is 7. The molecular weight excluding hydrogens is 406 g/mol. The highest BCUT2D eigenvalue weighted by atomic mass is 16.5. The summed E-state index contributed by atoms with van der Waals surface area (Å²) in [6.07, 6.45) is 3.57. The van der Waals surface area contributed by atoms with Gasteiger partial charge in [0.15, 0.2) is 5.82 Å². The molecule has 32 heavy (non-hydrogen) atoms. The summed E-state index contributed by atoms with van der Waals surface area (Å²) in [5.41, 5.74) is 10.6. The molecule has 3 aromatic heterocycles. The normalized spacial score (nSPS) is 24.6. The van der Waals surface area contributed by atoms with E-state index in [9.17, 15) is 4.79 Å². The minimum Gasteiger partial charge on any atom is -0.356 e. The van der Waals surface area contributed by atoms with Crippen LogP contribution in [0.25, 0.3) is 11.5 Å². The van der Waals surface area contributed by atoms with Crippen molar-refractivity contribution in [3.8, 4) is 11.5 Å². The molecule has 0 aromatic carbocycles. The van der Waals surface area contributed by atoms with Gasteiger partial charge in [0.2, 0.25) is 0 Å². The number of carbonyl (C=O) groups excluding carboxylic acids is 1. The molecule has 1 saturated carbocycles. The Kier molecular flexibility index (Phi) is 3.57. The van der Waals surface area contributed by atoms with Gasteiger partial charge in [-0.3, -0.25) is 19.2 Å². The van der Waals surface area contributed by atoms with Crippen LogP contribution in [0.2, 0.25) is 0 Å². The summed E-state index contributed by atoms with van der Waals surface area (Å²) in [5, 5.41) is 8.72. The van der Waals surface area contributed by atoms with Gasteiger partial charge in [0.25, 0.3) is 5.91 Å². The van der Waals surface area contributed by atoms with Crippen molar-refractivity contribution in [3.63, 3.8) is 0 Å². The van der Waals surface area contributed by atoms with E-state index in [0.29, 0.717) is 36.1 Å². The number of hydrogen-bond donors (Lipinski definition) is 1. The van der Waals surface area contributed by atoms with Gasteiger partial charge in [0.05, 0.1) is 24.9 Å². The molecule has 0 unspecified atom stereocenters. The molecule has 3 aromatic rings. The summed E-state index contributed by atoms with van der Waals surface area (Å²) in [7, 11) is 0. The largest absolute Gasteiger partial charge is 0.356 e. The Morgan fingerprint density at radius 1 is 1.22 bits per heavy atom. The van der Waals surface area contributed by atoms with E-state index in [1.807, 2.05) is 28.8 Å². The molecule has 0 radical (unpaired) electrons. The highest BCUT2D eigenvalue weighted by molar-refractivity contribution is 6.10. The molecule has 9 nitrogen and oxygen atoms in total. The van der Waals surface area contributed by atoms with Crippen molar-refractivity contribution in [2.24, 2.45) is 5.73 Å². The van der Waals surface area contributed by atoms with Gasteiger partial charge in [0.1, 0.15) is 23.6 Å². The third kappa shape index (κ3) is 2.49. The Balaban J connectivity index is 1.43. The molecule has 2 N–H and O–H groups in total. The smallest absolute Gasteiger partial charge is 0.260 e. The lowest BCUT2D eigenvalue weighted by molar-refractivity contribution is 0.00102. The summed E-state index contributed by atoms with van der Waals surface area (Å²) < 4.78 is 8.31. The molecule has 7 rings (SSSR count). The Morgan fingerprint density at radius 2 is 2.09 bits per heavy atom. The predicted molar refractivity (Wildman–Crippen MR) is 115 cm³/mol. The fourth-order valence-electron chi connectivity index (χ4n) is 5.07. The molecule has 0 saturated heterocycles. The Hall–Kier alpha value is -3.17. The number of fused-ring (bicyclic) bond motifs is 5. The third-order valence-electron chi connectivity index (χ3n) is 7.30. The van der Waals surface area contributed by atoms with Crippen molar-refractivity contribution in [2.45, 2.75) is 56.8 Å². The van der Waals surface area contributed by atoms with Crippen LogP contribution in [-0.2, 0) is 23.1 Å². The van der Waals surface area contributed by atoms with Gasteiger partial charge < -0.3 is 10.5 Å². The van der Waals surface area contributed by atoms with Gasteiger partial charge in [-0.15, -0.1) is 10.2 Å². The lowest BCUT2D eigenvalue weighted by atomic mass is 9.97. The van der Waals surface area contributed by atoms with Crippen LogP contribution in [0, 0.1) is 0 Å². The van der Waals surface area contributed by atoms with Crippen LogP contribution >= 0.6 is 0 Å². The zero-order valence-electron chi connectivity index (χ0n) is 17.8. The topological polar surface area (TPSA) is 112 Å². The average Bonchev–Trinajstić information content (AvgIpc) is 3.13. The fourth-order valence-corrected chi connectivity index (χ4v) is 5.07. The molecular formula is C23H23N7O2. The van der Waals surface area contributed by atoms with Crippen molar-refractivity contribution in [3.05, 3.63) is 52.6 Å². The molecule has 1 fully saturated rings. The number of pyridine rings is 2. The van der Waals surface area contributed by atoms with E-state index >= 15 is 0 Å². The van der Waals surface area contributed by atoms with Crippen LogP contribution in [0.5, 0.6) is 0 Å². The number of aryl methyl sites for hydroxylation is 1. The highest BCUT2D eigenvalue weighted by Gasteiger charge is 2.43. The number of aromatic nitrogens is 5. The maximum atomic E-state index is 13.5. The Morgan fingerprint density at radius 3 is 2.94 bits per heavy atom. The molecule has 0 spiro atoms. The summed E-state index contributed by atoms with van der Waals surface area (Å²) >= 11 is 0. The van der Waals surface area contributed by atoms with Crippen LogP contribution in [0.4, 0.5) is 5.82 Å². The molecule has 1 amide bonds. The molecule has 2 atom stereocenters. The van der Waals surface area contributed by atoms with Crippen molar-refractivity contribution >= 4 is 11.7 Å². The number of ether oxygens (including phenoxy) is 1. The molecule has 6 heterocycles. The minimum absolute atomic E-state index is 0.0272. The first-order valence-corrected chi connectivity index (χ1v) is 11.2. The number of rotatable bonds is 1. The molecule has 4 bridgehead atoms. The first kappa shape index (κ1) is 18.4. The molecule has 4 aliphatic rings. The molecule has 162 valence electrons. The van der Waals surface area contributed by atoms with E-state index in [4.69, 9.17) is 20.4 Å². The second kappa shape index (κ2) is 6.20. The van der Waals surface area contributed by atoms with E-state index in [0.717, 1.165) is 48.5 Å². The van der Waals surface area contributed by atoms with E-state index < -0.39 is 6.04 Å². The van der Waals surface area contributed by atoms with Crippen LogP contribution in [0.3, 0.4) is 0 Å². The van der Waals surface area contributed by atoms with Crippen molar-refractivity contribution in [1.29, 1.82) is 0 Å². The molecule has 3 aliphatic heterocycles. The number of amides is 1. The van der Waals surface area contributed by atoms with Gasteiger partial charge in [-0.05, 0) is 37.5 Å². The van der Waals surface area contributed by atoms with Gasteiger partial charge in [-0.2, -0.15) is 0 Å². The monoisotopic (exact) mass is 429 g/mol. The number of carbonyl (C=O) groups is 1. The third-order valence-corrected chi connectivity index (χ3v) is 7.30. The van der Waals surface area contributed by atoms with Gasteiger partial charge in [0, 0.05) is 28.7 Å². The van der Waals surface area contributed by atoms with E-state index in [-0.39, 0.29) is 17.6 Å². The second-order valence-electron chi connectivity index (χ2n) is 9.49. The summed E-state index contributed by atoms with van der Waals surface area (Å²) in [5.74, 6) is 2.07. The zero-order valence-corrected chi connectivity index (χ0v) is 17.8. The predicted octanol–water partition coefficient (Wildman–Crippen LogP) is 2.42. The second-order valence-corrected chi connectivity index (χ2v) is 9.49. The van der Waals surface area contributed by atoms with Gasteiger partial charge in [-0.25, -0.2) is 4.98 Å². The summed E-state index contributed by atoms with van der Waals surface area (Å²) in [6.45, 7) is 2.90. The number of anilines is 1. The lowest BCUT2D eigenvalue weighted by Gasteiger charge is -2.21. The van der Waals surface area contributed by atoms with E-state index in [1.54, 1.807) is 4.90 Å². The van der Waals surface area contributed by atoms with Crippen LogP contribution < -0.4 is 10.6 Å². The van der Waals surface area contributed by atoms with E-state index in [2.05, 4.69) is 17.1 Å². The first-order valence-electron chi connectivity index (χ1n) is 11.2. The highest BCUT2D eigenvalue weighted by Crippen LogP contribution is 2.48. The maximum absolute atomic E-state index is 13.5. The maximum Gasteiger partial charge on any atom is 0.260 e. The standard InChI is InChI=1S/C23H23N7O2/c1-23(7-8-23)16-9-12-13-10-29(22(12)31)17-4-2-3-15(25-17)21-28-27-18-5-6-19(30(18)21)32-11-14(24)20(13)26-16/h2-4,9,14,19H,5-8,10-11,24H2,1H3/t14-,19+/m1/s1. The molecule has 1 aliphatic carbocycles. The SMILES string of the molecule is CC1(c2cc3c4c(n2)[C@H](N)CO[C@H]2CCc5nnc(n52)-c2cccc(n2)N(C4)C3=O)CC1. The number of nitrogens with zero attached hydrogens (tertiary/aromatic N) is 6. The van der Waals surface area contributed by atoms with Gasteiger partial charge in [-0.1, -0.05) is 13.0 Å². The Bertz CT molecular complexity index is 1300. The Labute approximate surface area is 184 Å². The molecule has 9 heteroatoms. The fraction of sp³-hybridized carbons (Fsp3) is 0.435. The van der Waals surface area contributed by atoms with Gasteiger partial charge >= 0.3 is 0 Å². The van der Waals surface area contributed by atoms with Crippen molar-refractivity contribution in [1.82, 2.24) is 24.7 Å². The van der Waals surface area contributed by atoms with Crippen LogP contribution in [0.1, 0.15) is 71.6 Å². The quantitative estimate of drug-likeness (QED) is 0.632. The van der Waals surface area contributed by atoms with Crippen molar-refractivity contribution < 1.29 is 9.53 Å². The van der Waals surface area contributed by atoms with Crippen molar-refractivity contribution in [2.75, 3.05) is 11.5 Å².